The summed E-state index contributed by atoms with van der Waals surface area (Å²) in [7, 11) is 0. The highest BCUT2D eigenvalue weighted by Gasteiger charge is 2.37. The molecule has 1 unspecified atom stereocenters. The van der Waals surface area contributed by atoms with Crippen molar-refractivity contribution >= 4 is 0 Å². The van der Waals surface area contributed by atoms with Gasteiger partial charge in [0.25, 0.3) is 0 Å². The fourth-order valence-electron chi connectivity index (χ4n) is 2.33. The highest BCUT2D eigenvalue weighted by molar-refractivity contribution is 5.21. The van der Waals surface area contributed by atoms with Crippen LogP contribution in [0.1, 0.15) is 48.5 Å². The molecule has 1 rings (SSSR count). The Kier molecular flexibility index (Phi) is 5.03. The summed E-state index contributed by atoms with van der Waals surface area (Å²) in [5.74, 6) is 0.935. The van der Waals surface area contributed by atoms with Gasteiger partial charge in [-0.25, -0.2) is 0 Å². The van der Waals surface area contributed by atoms with Crippen LogP contribution in [-0.4, -0.2) is 23.2 Å². The molecule has 0 saturated carbocycles. The largest absolute Gasteiger partial charge is 0.475 e. The van der Waals surface area contributed by atoms with Gasteiger partial charge in [-0.05, 0) is 39.4 Å². The topological polar surface area (TPSA) is 12.5 Å². The summed E-state index contributed by atoms with van der Waals surface area (Å²) in [4.78, 5) is 2.42. The van der Waals surface area contributed by atoms with Crippen LogP contribution < -0.4 is 4.74 Å². The highest BCUT2D eigenvalue weighted by Crippen LogP contribution is 2.31. The van der Waals surface area contributed by atoms with E-state index in [4.69, 9.17) is 4.74 Å². The third-order valence-corrected chi connectivity index (χ3v) is 3.22. The van der Waals surface area contributed by atoms with Crippen molar-refractivity contribution in [1.29, 1.82) is 0 Å². The maximum absolute atomic E-state index is 6.28. The van der Waals surface area contributed by atoms with Crippen LogP contribution in [0.4, 0.5) is 0 Å². The van der Waals surface area contributed by atoms with Gasteiger partial charge in [0.2, 0.25) is 0 Å². The molecule has 2 nitrogen and oxygen atoms in total. The van der Waals surface area contributed by atoms with Gasteiger partial charge in [0, 0.05) is 11.0 Å². The summed E-state index contributed by atoms with van der Waals surface area (Å²) in [6, 6.07) is 10.1. The van der Waals surface area contributed by atoms with Crippen molar-refractivity contribution < 1.29 is 4.74 Å². The quantitative estimate of drug-likeness (QED) is 0.738. The summed E-state index contributed by atoms with van der Waals surface area (Å²) in [6.45, 7) is 16.6. The molecule has 0 saturated heterocycles. The molecule has 1 aromatic carbocycles. The first-order valence-corrected chi connectivity index (χ1v) is 7.14. The lowest BCUT2D eigenvalue weighted by molar-refractivity contribution is -0.0903. The monoisotopic (exact) mass is 263 g/mol. The van der Waals surface area contributed by atoms with Crippen LogP contribution in [0.15, 0.2) is 30.3 Å². The Bertz CT molecular complexity index is 372. The summed E-state index contributed by atoms with van der Waals surface area (Å²) in [5, 5.41) is 0. The molecule has 108 valence electrons. The standard InChI is InChI=1S/C17H29NO/c1-8-18(17(5,6)7)15(16(2,3)4)19-14-12-10-9-11-13-14/h9-13,15H,8H2,1-7H3. The first-order chi connectivity index (χ1) is 8.66. The average Bonchev–Trinajstić information content (AvgIpc) is 2.27. The van der Waals surface area contributed by atoms with Crippen molar-refractivity contribution in [3.8, 4) is 5.75 Å². The third kappa shape index (κ3) is 4.54. The van der Waals surface area contributed by atoms with Crippen molar-refractivity contribution in [1.82, 2.24) is 4.90 Å². The fourth-order valence-corrected chi connectivity index (χ4v) is 2.33. The van der Waals surface area contributed by atoms with Crippen LogP contribution >= 0.6 is 0 Å². The van der Waals surface area contributed by atoms with E-state index < -0.39 is 0 Å². The molecular weight excluding hydrogens is 234 g/mol. The van der Waals surface area contributed by atoms with Gasteiger partial charge in [-0.3, -0.25) is 4.90 Å². The van der Waals surface area contributed by atoms with E-state index in [1.807, 2.05) is 30.3 Å². The predicted octanol–water partition coefficient (Wildman–Crippen LogP) is 4.56. The van der Waals surface area contributed by atoms with Gasteiger partial charge in [-0.1, -0.05) is 45.9 Å². The van der Waals surface area contributed by atoms with Gasteiger partial charge in [-0.2, -0.15) is 0 Å². The molecule has 2 heteroatoms. The number of hydrogen-bond donors (Lipinski definition) is 0. The smallest absolute Gasteiger partial charge is 0.157 e. The number of rotatable bonds is 4. The molecule has 0 heterocycles. The van der Waals surface area contributed by atoms with E-state index in [9.17, 15) is 0 Å². The van der Waals surface area contributed by atoms with Crippen LogP contribution in [-0.2, 0) is 0 Å². The second kappa shape index (κ2) is 5.96. The second-order valence-corrected chi connectivity index (χ2v) is 7.11. The average molecular weight is 263 g/mol. The molecule has 0 aliphatic heterocycles. The Hall–Kier alpha value is -1.02. The second-order valence-electron chi connectivity index (χ2n) is 7.11. The van der Waals surface area contributed by atoms with Gasteiger partial charge in [0.15, 0.2) is 6.23 Å². The fraction of sp³-hybridized carbons (Fsp3) is 0.647. The van der Waals surface area contributed by atoms with Crippen LogP contribution in [0.3, 0.4) is 0 Å². The molecule has 0 aliphatic rings. The molecule has 1 aromatic rings. The van der Waals surface area contributed by atoms with Gasteiger partial charge >= 0.3 is 0 Å². The van der Waals surface area contributed by atoms with Gasteiger partial charge < -0.3 is 4.74 Å². The molecule has 1 atom stereocenters. The van der Waals surface area contributed by atoms with Gasteiger partial charge in [0.1, 0.15) is 5.75 Å². The minimum Gasteiger partial charge on any atom is -0.475 e. The molecule has 0 bridgehead atoms. The maximum Gasteiger partial charge on any atom is 0.157 e. The Labute approximate surface area is 118 Å². The number of benzene rings is 1. The first-order valence-electron chi connectivity index (χ1n) is 7.14. The Morgan fingerprint density at radius 1 is 1.00 bits per heavy atom. The molecule has 0 radical (unpaired) electrons. The summed E-state index contributed by atoms with van der Waals surface area (Å²) < 4.78 is 6.28. The predicted molar refractivity (Wildman–Crippen MR) is 82.4 cm³/mol. The molecule has 0 N–H and O–H groups in total. The van der Waals surface area contributed by atoms with Crippen LogP contribution in [0.25, 0.3) is 0 Å². The first kappa shape index (κ1) is 16.0. The van der Waals surface area contributed by atoms with Crippen LogP contribution in [0, 0.1) is 5.41 Å². The van der Waals surface area contributed by atoms with E-state index in [1.54, 1.807) is 0 Å². The molecular formula is C17H29NO. The summed E-state index contributed by atoms with van der Waals surface area (Å²) >= 11 is 0. The Balaban J connectivity index is 3.02. The molecule has 0 aliphatic carbocycles. The minimum absolute atomic E-state index is 0.0547. The number of para-hydroxylation sites is 1. The molecule has 19 heavy (non-hydrogen) atoms. The van der Waals surface area contributed by atoms with E-state index >= 15 is 0 Å². The van der Waals surface area contributed by atoms with Crippen molar-refractivity contribution in [3.63, 3.8) is 0 Å². The van der Waals surface area contributed by atoms with Crippen LogP contribution in [0.2, 0.25) is 0 Å². The zero-order chi connectivity index (χ0) is 14.7. The number of nitrogens with zero attached hydrogens (tertiary/aromatic N) is 1. The van der Waals surface area contributed by atoms with E-state index in [-0.39, 0.29) is 17.2 Å². The molecule has 0 aromatic heterocycles. The lowest BCUT2D eigenvalue weighted by atomic mass is 9.90. The van der Waals surface area contributed by atoms with Crippen molar-refractivity contribution in [2.45, 2.75) is 60.2 Å². The molecule has 0 spiro atoms. The zero-order valence-electron chi connectivity index (χ0n) is 13.5. The summed E-state index contributed by atoms with van der Waals surface area (Å²) in [5.41, 5.74) is 0.139. The number of ether oxygens (including phenoxy) is 1. The minimum atomic E-state index is 0.0547. The Morgan fingerprint density at radius 2 is 1.53 bits per heavy atom. The zero-order valence-corrected chi connectivity index (χ0v) is 13.5. The number of hydrogen-bond acceptors (Lipinski definition) is 2. The van der Waals surface area contributed by atoms with E-state index in [1.165, 1.54) is 0 Å². The third-order valence-electron chi connectivity index (χ3n) is 3.22. The van der Waals surface area contributed by atoms with Gasteiger partial charge in [-0.15, -0.1) is 0 Å². The SMILES string of the molecule is CCN(C(Oc1ccccc1)C(C)(C)C)C(C)(C)C. The Morgan fingerprint density at radius 3 is 1.89 bits per heavy atom. The maximum atomic E-state index is 6.28. The van der Waals surface area contributed by atoms with Gasteiger partial charge in [0.05, 0.1) is 0 Å². The normalized spacial score (nSPS) is 14.5. The van der Waals surface area contributed by atoms with E-state index in [2.05, 4.69) is 53.4 Å². The molecule has 0 fully saturated rings. The summed E-state index contributed by atoms with van der Waals surface area (Å²) in [6.07, 6.45) is 0.0555. The lowest BCUT2D eigenvalue weighted by Crippen LogP contribution is -2.55. The van der Waals surface area contributed by atoms with Crippen molar-refractivity contribution in [2.24, 2.45) is 5.41 Å². The lowest BCUT2D eigenvalue weighted by Gasteiger charge is -2.46. The van der Waals surface area contributed by atoms with Crippen molar-refractivity contribution in [3.05, 3.63) is 30.3 Å². The van der Waals surface area contributed by atoms with E-state index in [0.717, 1.165) is 12.3 Å². The van der Waals surface area contributed by atoms with Crippen LogP contribution in [0.5, 0.6) is 5.75 Å². The van der Waals surface area contributed by atoms with Crippen molar-refractivity contribution in [2.75, 3.05) is 6.54 Å². The molecule has 0 amide bonds. The highest BCUT2D eigenvalue weighted by atomic mass is 16.5. The van der Waals surface area contributed by atoms with E-state index in [0.29, 0.717) is 0 Å².